The number of fused-ring (bicyclic) bond motifs is 3. The fourth-order valence-electron chi connectivity index (χ4n) is 3.14. The minimum atomic E-state index is -3.62. The predicted octanol–water partition coefficient (Wildman–Crippen LogP) is 4.60. The highest BCUT2D eigenvalue weighted by Gasteiger charge is 2.21. The van der Waals surface area contributed by atoms with Crippen LogP contribution in [0.15, 0.2) is 71.1 Å². The molecule has 0 unspecified atom stereocenters. The van der Waals surface area contributed by atoms with Crippen LogP contribution < -0.4 is 9.62 Å². The molecule has 0 aliphatic rings. The number of nitrogens with one attached hydrogen (secondary N) is 1. The Morgan fingerprint density at radius 2 is 1.69 bits per heavy atom. The number of para-hydroxylation sites is 1. The van der Waals surface area contributed by atoms with Crippen LogP contribution in [-0.2, 0) is 14.8 Å². The molecule has 3 aromatic carbocycles. The lowest BCUT2D eigenvalue weighted by Gasteiger charge is -2.22. The standard InChI is InChI=1S/C21H17IN2O4S/c1-29(26,27)24(16-9-6-14(22)7-10-16)13-21(25)23-15-8-11-18-17-4-2-3-5-19(17)28-20(18)12-15/h2-12H,13H2,1H3,(H,23,25). The van der Waals surface area contributed by atoms with Crippen molar-refractivity contribution in [3.8, 4) is 0 Å². The zero-order chi connectivity index (χ0) is 20.6. The summed E-state index contributed by atoms with van der Waals surface area (Å²) in [4.78, 5) is 12.6. The molecule has 0 bridgehead atoms. The summed E-state index contributed by atoms with van der Waals surface area (Å²) in [6, 6.07) is 20.0. The molecule has 1 amide bonds. The molecule has 8 heteroatoms. The monoisotopic (exact) mass is 520 g/mol. The highest BCUT2D eigenvalue weighted by Crippen LogP contribution is 2.30. The second kappa shape index (κ2) is 7.68. The third-order valence-electron chi connectivity index (χ3n) is 4.46. The molecule has 0 atom stereocenters. The van der Waals surface area contributed by atoms with E-state index in [1.54, 1.807) is 36.4 Å². The van der Waals surface area contributed by atoms with Gasteiger partial charge in [-0.05, 0) is 65.1 Å². The molecule has 0 fully saturated rings. The third kappa shape index (κ3) is 4.23. The van der Waals surface area contributed by atoms with Crippen molar-refractivity contribution in [3.05, 3.63) is 70.3 Å². The average molecular weight is 520 g/mol. The summed E-state index contributed by atoms with van der Waals surface area (Å²) in [6.07, 6.45) is 1.08. The van der Waals surface area contributed by atoms with Crippen molar-refractivity contribution in [1.29, 1.82) is 0 Å². The number of hydrogen-bond acceptors (Lipinski definition) is 4. The highest BCUT2D eigenvalue weighted by molar-refractivity contribution is 14.1. The first-order valence-corrected chi connectivity index (χ1v) is 11.7. The summed E-state index contributed by atoms with van der Waals surface area (Å²) in [5.41, 5.74) is 2.41. The number of hydrogen-bond donors (Lipinski definition) is 1. The van der Waals surface area contributed by atoms with E-state index >= 15 is 0 Å². The van der Waals surface area contributed by atoms with E-state index in [1.807, 2.05) is 30.3 Å². The molecule has 0 aliphatic carbocycles. The Bertz CT molecular complexity index is 1310. The molecule has 29 heavy (non-hydrogen) atoms. The van der Waals surface area contributed by atoms with Gasteiger partial charge >= 0.3 is 0 Å². The zero-order valence-corrected chi connectivity index (χ0v) is 18.4. The molecular weight excluding hydrogens is 503 g/mol. The van der Waals surface area contributed by atoms with Gasteiger partial charge in [-0.3, -0.25) is 9.10 Å². The van der Waals surface area contributed by atoms with E-state index in [0.29, 0.717) is 17.0 Å². The van der Waals surface area contributed by atoms with E-state index in [1.165, 1.54) is 0 Å². The van der Waals surface area contributed by atoms with Gasteiger partial charge in [-0.2, -0.15) is 0 Å². The lowest BCUT2D eigenvalue weighted by molar-refractivity contribution is -0.114. The molecule has 1 N–H and O–H groups in total. The number of rotatable bonds is 5. The van der Waals surface area contributed by atoms with Crippen LogP contribution in [0.1, 0.15) is 0 Å². The van der Waals surface area contributed by atoms with E-state index < -0.39 is 15.9 Å². The van der Waals surface area contributed by atoms with Crippen molar-refractivity contribution in [2.75, 3.05) is 22.4 Å². The van der Waals surface area contributed by atoms with Gasteiger partial charge in [0.25, 0.3) is 0 Å². The molecule has 4 aromatic rings. The number of carbonyl (C=O) groups is 1. The van der Waals surface area contributed by atoms with Crippen LogP contribution in [0, 0.1) is 3.57 Å². The van der Waals surface area contributed by atoms with E-state index in [2.05, 4.69) is 27.9 Å². The van der Waals surface area contributed by atoms with Crippen LogP contribution in [0.4, 0.5) is 11.4 Å². The number of benzene rings is 3. The fraction of sp³-hybridized carbons (Fsp3) is 0.0952. The highest BCUT2D eigenvalue weighted by atomic mass is 127. The van der Waals surface area contributed by atoms with E-state index in [4.69, 9.17) is 4.42 Å². The molecule has 4 rings (SSSR count). The number of furan rings is 1. The van der Waals surface area contributed by atoms with Crippen molar-refractivity contribution >= 4 is 71.8 Å². The first kappa shape index (κ1) is 19.7. The van der Waals surface area contributed by atoms with Gasteiger partial charge in [0.05, 0.1) is 11.9 Å². The number of carbonyl (C=O) groups excluding carboxylic acids is 1. The van der Waals surface area contributed by atoms with Crippen LogP contribution in [0.25, 0.3) is 21.9 Å². The molecule has 0 radical (unpaired) electrons. The molecule has 1 aromatic heterocycles. The Kier molecular flexibility index (Phi) is 5.22. The number of halogens is 1. The minimum Gasteiger partial charge on any atom is -0.456 e. The van der Waals surface area contributed by atoms with Gasteiger partial charge in [-0.1, -0.05) is 18.2 Å². The van der Waals surface area contributed by atoms with Gasteiger partial charge in [0.1, 0.15) is 17.7 Å². The summed E-state index contributed by atoms with van der Waals surface area (Å²) in [6.45, 7) is -0.322. The van der Waals surface area contributed by atoms with Gasteiger partial charge in [0.2, 0.25) is 15.9 Å². The minimum absolute atomic E-state index is 0.322. The van der Waals surface area contributed by atoms with Crippen molar-refractivity contribution in [2.45, 2.75) is 0 Å². The van der Waals surface area contributed by atoms with E-state index in [0.717, 1.165) is 30.5 Å². The van der Waals surface area contributed by atoms with E-state index in [-0.39, 0.29) is 6.54 Å². The maximum atomic E-state index is 12.6. The largest absolute Gasteiger partial charge is 0.456 e. The Balaban J connectivity index is 1.57. The Morgan fingerprint density at radius 3 is 2.41 bits per heavy atom. The number of anilines is 2. The predicted molar refractivity (Wildman–Crippen MR) is 124 cm³/mol. The smallest absolute Gasteiger partial charge is 0.245 e. The maximum Gasteiger partial charge on any atom is 0.245 e. The summed E-state index contributed by atoms with van der Waals surface area (Å²) < 4.78 is 32.3. The fourth-order valence-corrected chi connectivity index (χ4v) is 4.36. The zero-order valence-electron chi connectivity index (χ0n) is 15.4. The number of amides is 1. The molecule has 0 spiro atoms. The number of sulfonamides is 1. The molecule has 148 valence electrons. The van der Waals surface area contributed by atoms with Crippen molar-refractivity contribution < 1.29 is 17.6 Å². The average Bonchev–Trinajstić information content (AvgIpc) is 3.04. The number of nitrogens with zero attached hydrogens (tertiary/aromatic N) is 1. The maximum absolute atomic E-state index is 12.6. The van der Waals surface area contributed by atoms with Gasteiger partial charge in [0.15, 0.2) is 0 Å². The summed E-state index contributed by atoms with van der Waals surface area (Å²) in [5, 5.41) is 4.71. The molecule has 0 saturated heterocycles. The summed E-state index contributed by atoms with van der Waals surface area (Å²) in [7, 11) is -3.62. The van der Waals surface area contributed by atoms with Crippen LogP contribution in [-0.4, -0.2) is 27.1 Å². The topological polar surface area (TPSA) is 79.6 Å². The van der Waals surface area contributed by atoms with Gasteiger partial charge < -0.3 is 9.73 Å². The molecular formula is C21H17IN2O4S. The lowest BCUT2D eigenvalue weighted by Crippen LogP contribution is -2.37. The Morgan fingerprint density at radius 1 is 1.00 bits per heavy atom. The van der Waals surface area contributed by atoms with Crippen LogP contribution in [0.5, 0.6) is 0 Å². The second-order valence-electron chi connectivity index (χ2n) is 6.60. The normalized spacial score (nSPS) is 11.7. The Hall–Kier alpha value is -2.59. The van der Waals surface area contributed by atoms with Crippen LogP contribution >= 0.6 is 22.6 Å². The molecule has 0 saturated carbocycles. The van der Waals surface area contributed by atoms with Gasteiger partial charge in [0, 0.05) is 26.1 Å². The van der Waals surface area contributed by atoms with Gasteiger partial charge in [-0.15, -0.1) is 0 Å². The lowest BCUT2D eigenvalue weighted by atomic mass is 10.1. The quantitative estimate of drug-likeness (QED) is 0.391. The van der Waals surface area contributed by atoms with Crippen LogP contribution in [0.2, 0.25) is 0 Å². The van der Waals surface area contributed by atoms with Crippen molar-refractivity contribution in [2.24, 2.45) is 0 Å². The Labute approximate surface area is 181 Å². The second-order valence-corrected chi connectivity index (χ2v) is 9.76. The first-order valence-electron chi connectivity index (χ1n) is 8.76. The SMILES string of the molecule is CS(=O)(=O)N(CC(=O)Nc1ccc2c(c1)oc1ccccc12)c1ccc(I)cc1. The van der Waals surface area contributed by atoms with Crippen LogP contribution in [0.3, 0.4) is 0 Å². The molecule has 6 nitrogen and oxygen atoms in total. The summed E-state index contributed by atoms with van der Waals surface area (Å²) >= 11 is 2.14. The molecule has 0 aliphatic heterocycles. The van der Waals surface area contributed by atoms with Crippen molar-refractivity contribution in [3.63, 3.8) is 0 Å². The summed E-state index contributed by atoms with van der Waals surface area (Å²) in [5.74, 6) is -0.440. The molecule has 1 heterocycles. The van der Waals surface area contributed by atoms with Crippen molar-refractivity contribution in [1.82, 2.24) is 0 Å². The third-order valence-corrected chi connectivity index (χ3v) is 6.32. The first-order chi connectivity index (χ1) is 13.8. The van der Waals surface area contributed by atoms with E-state index in [9.17, 15) is 13.2 Å². The van der Waals surface area contributed by atoms with Gasteiger partial charge in [-0.25, -0.2) is 8.42 Å².